The van der Waals surface area contributed by atoms with E-state index in [2.05, 4.69) is 25.6 Å². The third kappa shape index (κ3) is 3.23. The zero-order chi connectivity index (χ0) is 15.5. The molecule has 0 saturated carbocycles. The fourth-order valence-electron chi connectivity index (χ4n) is 2.07. The molecule has 6 nitrogen and oxygen atoms in total. The van der Waals surface area contributed by atoms with Crippen LogP contribution in [0.1, 0.15) is 18.5 Å². The molecule has 7 heteroatoms. The van der Waals surface area contributed by atoms with Crippen molar-refractivity contribution in [2.24, 2.45) is 7.05 Å². The summed E-state index contributed by atoms with van der Waals surface area (Å²) in [6, 6.07) is 7.49. The van der Waals surface area contributed by atoms with Crippen LogP contribution >= 0.6 is 11.6 Å². The topological polar surface area (TPSA) is 68.5 Å². The fraction of sp³-hybridized carbons (Fsp3) is 0.200. The van der Waals surface area contributed by atoms with Crippen molar-refractivity contribution in [3.8, 4) is 11.3 Å². The van der Waals surface area contributed by atoms with E-state index in [0.717, 1.165) is 16.8 Å². The highest BCUT2D eigenvalue weighted by Gasteiger charge is 2.10. The predicted molar refractivity (Wildman–Crippen MR) is 85.5 cm³/mol. The number of nitrogens with one attached hydrogen (secondary N) is 1. The molecule has 0 unspecified atom stereocenters. The van der Waals surface area contributed by atoms with Crippen molar-refractivity contribution in [3.63, 3.8) is 0 Å². The Hall–Kier alpha value is -2.47. The molecule has 22 heavy (non-hydrogen) atoms. The van der Waals surface area contributed by atoms with Gasteiger partial charge in [0, 0.05) is 29.4 Å². The van der Waals surface area contributed by atoms with Crippen LogP contribution in [0.15, 0.2) is 42.9 Å². The molecule has 0 saturated heterocycles. The van der Waals surface area contributed by atoms with Gasteiger partial charge in [0.1, 0.15) is 0 Å². The molecular weight excluding hydrogens is 300 g/mol. The Balaban J connectivity index is 1.80. The van der Waals surface area contributed by atoms with E-state index < -0.39 is 0 Å². The second kappa shape index (κ2) is 6.11. The molecule has 0 bridgehead atoms. The lowest BCUT2D eigenvalue weighted by Crippen LogP contribution is -2.10. The molecule has 0 aliphatic carbocycles. The molecule has 3 rings (SSSR count). The van der Waals surface area contributed by atoms with Gasteiger partial charge in [-0.25, -0.2) is 4.98 Å². The largest absolute Gasteiger partial charge is 0.346 e. The number of hydrogen-bond donors (Lipinski definition) is 1. The summed E-state index contributed by atoms with van der Waals surface area (Å²) in [5.74, 6) is 0.476. The average Bonchev–Trinajstić information content (AvgIpc) is 2.95. The van der Waals surface area contributed by atoms with Crippen molar-refractivity contribution in [2.75, 3.05) is 5.32 Å². The molecular formula is C15H15ClN6. The summed E-state index contributed by atoms with van der Waals surface area (Å²) in [7, 11) is 1.88. The first-order valence-corrected chi connectivity index (χ1v) is 7.20. The lowest BCUT2D eigenvalue weighted by molar-refractivity contribution is 0.764. The van der Waals surface area contributed by atoms with Crippen molar-refractivity contribution in [1.29, 1.82) is 0 Å². The number of rotatable bonds is 4. The smallest absolute Gasteiger partial charge is 0.243 e. The van der Waals surface area contributed by atoms with Crippen LogP contribution in [0.4, 0.5) is 5.95 Å². The van der Waals surface area contributed by atoms with Crippen LogP contribution in [0.25, 0.3) is 11.3 Å². The fourth-order valence-corrected chi connectivity index (χ4v) is 2.19. The van der Waals surface area contributed by atoms with Gasteiger partial charge in [-0.2, -0.15) is 10.2 Å². The Morgan fingerprint density at radius 2 is 1.95 bits per heavy atom. The third-order valence-corrected chi connectivity index (χ3v) is 3.52. The molecule has 0 spiro atoms. The Morgan fingerprint density at radius 3 is 2.64 bits per heavy atom. The summed E-state index contributed by atoms with van der Waals surface area (Å²) >= 11 is 5.90. The highest BCUT2D eigenvalue weighted by atomic mass is 35.5. The summed E-state index contributed by atoms with van der Waals surface area (Å²) in [4.78, 5) is 4.49. The quantitative estimate of drug-likeness (QED) is 0.801. The molecule has 0 aliphatic rings. The standard InChI is InChI=1S/C15H15ClN6/c1-10(12-7-18-22(2)9-12)19-15-20-14(8-17-21-15)11-3-5-13(16)6-4-11/h3-10H,1-2H3,(H,19,20,21)/t10-/m0/s1. The van der Waals surface area contributed by atoms with Gasteiger partial charge in [-0.3, -0.25) is 4.68 Å². The molecule has 112 valence electrons. The van der Waals surface area contributed by atoms with E-state index in [1.54, 1.807) is 10.9 Å². The molecule has 1 aromatic carbocycles. The maximum atomic E-state index is 5.90. The van der Waals surface area contributed by atoms with Crippen molar-refractivity contribution < 1.29 is 0 Å². The monoisotopic (exact) mass is 314 g/mol. The van der Waals surface area contributed by atoms with E-state index in [9.17, 15) is 0 Å². The second-order valence-electron chi connectivity index (χ2n) is 4.99. The van der Waals surface area contributed by atoms with E-state index in [0.29, 0.717) is 11.0 Å². The van der Waals surface area contributed by atoms with Gasteiger partial charge in [0.2, 0.25) is 5.95 Å². The van der Waals surface area contributed by atoms with Gasteiger partial charge in [0.05, 0.1) is 24.1 Å². The van der Waals surface area contributed by atoms with Gasteiger partial charge >= 0.3 is 0 Å². The first kappa shape index (κ1) is 14.5. The number of anilines is 1. The Bertz CT molecular complexity index is 768. The normalized spacial score (nSPS) is 12.1. The number of aromatic nitrogens is 5. The summed E-state index contributed by atoms with van der Waals surface area (Å²) in [5, 5.41) is 16.1. The van der Waals surface area contributed by atoms with Crippen molar-refractivity contribution in [3.05, 3.63) is 53.4 Å². The van der Waals surface area contributed by atoms with E-state index >= 15 is 0 Å². The Morgan fingerprint density at radius 1 is 1.18 bits per heavy atom. The average molecular weight is 315 g/mol. The number of hydrogen-bond acceptors (Lipinski definition) is 5. The minimum absolute atomic E-state index is 0.0379. The minimum Gasteiger partial charge on any atom is -0.346 e. The lowest BCUT2D eigenvalue weighted by Gasteiger charge is -2.11. The van der Waals surface area contributed by atoms with E-state index in [1.165, 1.54) is 0 Å². The highest BCUT2D eigenvalue weighted by Crippen LogP contribution is 2.21. The van der Waals surface area contributed by atoms with Crippen LogP contribution in [0.3, 0.4) is 0 Å². The van der Waals surface area contributed by atoms with Crippen LogP contribution in [0.2, 0.25) is 5.02 Å². The van der Waals surface area contributed by atoms with Gasteiger partial charge in [-0.05, 0) is 19.1 Å². The molecule has 0 fully saturated rings. The van der Waals surface area contributed by atoms with Crippen LogP contribution < -0.4 is 5.32 Å². The maximum Gasteiger partial charge on any atom is 0.243 e. The van der Waals surface area contributed by atoms with Gasteiger partial charge in [0.25, 0.3) is 0 Å². The SMILES string of the molecule is C[C@H](Nc1nncc(-c2ccc(Cl)cc2)n1)c1cnn(C)c1. The molecule has 2 aromatic heterocycles. The minimum atomic E-state index is 0.0379. The summed E-state index contributed by atoms with van der Waals surface area (Å²) in [6.07, 6.45) is 5.39. The molecule has 0 amide bonds. The highest BCUT2D eigenvalue weighted by molar-refractivity contribution is 6.30. The van der Waals surface area contributed by atoms with Gasteiger partial charge in [0.15, 0.2) is 0 Å². The second-order valence-corrected chi connectivity index (χ2v) is 5.42. The molecule has 1 atom stereocenters. The number of benzene rings is 1. The van der Waals surface area contributed by atoms with Gasteiger partial charge in [-0.1, -0.05) is 23.7 Å². The van der Waals surface area contributed by atoms with Crippen LogP contribution in [-0.4, -0.2) is 25.0 Å². The molecule has 1 N–H and O–H groups in total. The number of nitrogens with zero attached hydrogens (tertiary/aromatic N) is 5. The molecule has 0 radical (unpaired) electrons. The summed E-state index contributed by atoms with van der Waals surface area (Å²) in [5.41, 5.74) is 2.74. The first-order valence-electron chi connectivity index (χ1n) is 6.82. The van der Waals surface area contributed by atoms with E-state index in [4.69, 9.17) is 11.6 Å². The molecule has 0 aliphatic heterocycles. The number of aryl methyl sites for hydroxylation is 1. The Labute approximate surface area is 133 Å². The van der Waals surface area contributed by atoms with Crippen LogP contribution in [0, 0.1) is 0 Å². The summed E-state index contributed by atoms with van der Waals surface area (Å²) < 4.78 is 1.76. The lowest BCUT2D eigenvalue weighted by atomic mass is 10.2. The first-order chi connectivity index (χ1) is 10.6. The Kier molecular flexibility index (Phi) is 4.02. The van der Waals surface area contributed by atoms with E-state index in [1.807, 2.05) is 50.6 Å². The van der Waals surface area contributed by atoms with Crippen LogP contribution in [0.5, 0.6) is 0 Å². The third-order valence-electron chi connectivity index (χ3n) is 3.27. The van der Waals surface area contributed by atoms with Gasteiger partial charge < -0.3 is 5.32 Å². The molecule has 3 aromatic rings. The van der Waals surface area contributed by atoms with Crippen molar-refractivity contribution >= 4 is 17.5 Å². The van der Waals surface area contributed by atoms with Crippen LogP contribution in [-0.2, 0) is 7.05 Å². The van der Waals surface area contributed by atoms with Crippen molar-refractivity contribution in [2.45, 2.75) is 13.0 Å². The summed E-state index contributed by atoms with van der Waals surface area (Å²) in [6.45, 7) is 2.02. The van der Waals surface area contributed by atoms with Gasteiger partial charge in [-0.15, -0.1) is 5.10 Å². The maximum absolute atomic E-state index is 5.90. The number of halogens is 1. The predicted octanol–water partition coefficient (Wildman–Crippen LogP) is 3.10. The molecule has 2 heterocycles. The van der Waals surface area contributed by atoms with Crippen molar-refractivity contribution in [1.82, 2.24) is 25.0 Å². The zero-order valence-electron chi connectivity index (χ0n) is 12.2. The zero-order valence-corrected chi connectivity index (χ0v) is 13.0. The van der Waals surface area contributed by atoms with E-state index in [-0.39, 0.29) is 6.04 Å².